The Hall–Kier alpha value is -3.98. The minimum absolute atomic E-state index is 0.0761. The van der Waals surface area contributed by atoms with E-state index in [-0.39, 0.29) is 23.1 Å². The van der Waals surface area contributed by atoms with Crippen LogP contribution in [0.1, 0.15) is 12.0 Å². The molecule has 0 aliphatic carbocycles. The number of nitro benzene ring substituents is 1. The van der Waals surface area contributed by atoms with Crippen LogP contribution in [0.15, 0.2) is 72.9 Å². The molecule has 1 N–H and O–H groups in total. The molecule has 1 saturated heterocycles. The first kappa shape index (κ1) is 23.2. The van der Waals surface area contributed by atoms with Gasteiger partial charge in [0.25, 0.3) is 11.6 Å². The van der Waals surface area contributed by atoms with Crippen LogP contribution in [0.4, 0.5) is 17.2 Å². The Bertz CT molecular complexity index is 1110. The van der Waals surface area contributed by atoms with Crippen LogP contribution in [-0.4, -0.2) is 53.5 Å². The molecule has 1 aliphatic heterocycles. The lowest BCUT2D eigenvalue weighted by Gasteiger charge is -2.23. The monoisotopic (exact) mass is 461 g/mol. The number of nitrogens with zero attached hydrogens (tertiary/aromatic N) is 4. The maximum atomic E-state index is 12.1. The molecule has 1 fully saturated rings. The van der Waals surface area contributed by atoms with Gasteiger partial charge in [-0.25, -0.2) is 4.98 Å². The molecular weight excluding hydrogens is 434 g/mol. The van der Waals surface area contributed by atoms with Gasteiger partial charge in [0.15, 0.2) is 6.61 Å². The second-order valence-electron chi connectivity index (χ2n) is 8.06. The number of amides is 1. The number of ether oxygens (including phenoxy) is 1. The molecule has 0 atom stereocenters. The Labute approximate surface area is 198 Å². The Kier molecular flexibility index (Phi) is 7.67. The summed E-state index contributed by atoms with van der Waals surface area (Å²) in [5.41, 5.74) is 1.51. The van der Waals surface area contributed by atoms with E-state index in [9.17, 15) is 14.9 Å². The van der Waals surface area contributed by atoms with Crippen molar-refractivity contribution in [2.75, 3.05) is 43.0 Å². The predicted molar refractivity (Wildman–Crippen MR) is 130 cm³/mol. The van der Waals surface area contributed by atoms with Crippen LogP contribution in [0, 0.1) is 10.1 Å². The van der Waals surface area contributed by atoms with Gasteiger partial charge in [0.05, 0.1) is 16.8 Å². The number of hydrogen-bond donors (Lipinski definition) is 1. The van der Waals surface area contributed by atoms with Crippen molar-refractivity contribution in [2.45, 2.75) is 13.0 Å². The number of hydrogen-bond acceptors (Lipinski definition) is 7. The molecule has 1 amide bonds. The van der Waals surface area contributed by atoms with Crippen LogP contribution in [0.5, 0.6) is 5.75 Å². The lowest BCUT2D eigenvalue weighted by Crippen LogP contribution is -2.31. The van der Waals surface area contributed by atoms with E-state index in [1.54, 1.807) is 30.5 Å². The third kappa shape index (κ3) is 6.29. The zero-order valence-corrected chi connectivity index (χ0v) is 18.8. The minimum Gasteiger partial charge on any atom is -0.484 e. The van der Waals surface area contributed by atoms with Crippen molar-refractivity contribution >= 4 is 23.1 Å². The molecule has 2 heterocycles. The summed E-state index contributed by atoms with van der Waals surface area (Å²) in [5, 5.41) is 14.1. The van der Waals surface area contributed by atoms with E-state index in [2.05, 4.69) is 20.1 Å². The molecular formula is C25H27N5O4. The first-order valence-electron chi connectivity index (χ1n) is 11.2. The SMILES string of the molecule is O=C(COc1ccccc1)Nc1ccc(N2CCCN(Cc3ccccc3[N+](=O)[O-])CC2)nc1. The molecule has 9 nitrogen and oxygen atoms in total. The molecule has 9 heteroatoms. The van der Waals surface area contributed by atoms with Gasteiger partial charge in [-0.3, -0.25) is 19.8 Å². The van der Waals surface area contributed by atoms with E-state index < -0.39 is 0 Å². The number of aromatic nitrogens is 1. The summed E-state index contributed by atoms with van der Waals surface area (Å²) in [6.07, 6.45) is 2.57. The zero-order chi connectivity index (χ0) is 23.8. The van der Waals surface area contributed by atoms with Crippen LogP contribution in [0.3, 0.4) is 0 Å². The van der Waals surface area contributed by atoms with Crippen molar-refractivity contribution in [1.82, 2.24) is 9.88 Å². The molecule has 176 valence electrons. The fraction of sp³-hybridized carbons (Fsp3) is 0.280. The van der Waals surface area contributed by atoms with Crippen molar-refractivity contribution in [3.8, 4) is 5.75 Å². The average molecular weight is 462 g/mol. The topological polar surface area (TPSA) is 101 Å². The second-order valence-corrected chi connectivity index (χ2v) is 8.06. The molecule has 1 aliphatic rings. The molecule has 0 saturated carbocycles. The summed E-state index contributed by atoms with van der Waals surface area (Å²) < 4.78 is 5.46. The summed E-state index contributed by atoms with van der Waals surface area (Å²) >= 11 is 0. The summed E-state index contributed by atoms with van der Waals surface area (Å²) in [4.78, 5) is 32.1. The minimum atomic E-state index is -0.322. The standard InChI is InChI=1S/C25H27N5O4/c31-25(19-34-22-8-2-1-3-9-22)27-21-11-12-24(26-17-21)29-14-6-13-28(15-16-29)18-20-7-4-5-10-23(20)30(32)33/h1-5,7-12,17H,6,13-16,18-19H2,(H,27,31). The van der Waals surface area contributed by atoms with Crippen molar-refractivity contribution < 1.29 is 14.5 Å². The molecule has 2 aromatic carbocycles. The summed E-state index contributed by atoms with van der Waals surface area (Å²) in [6.45, 7) is 3.73. The fourth-order valence-corrected chi connectivity index (χ4v) is 3.93. The van der Waals surface area contributed by atoms with Gasteiger partial charge in [0.2, 0.25) is 0 Å². The Balaban J connectivity index is 1.28. The highest BCUT2D eigenvalue weighted by atomic mass is 16.6. The van der Waals surface area contributed by atoms with Gasteiger partial charge in [-0.15, -0.1) is 0 Å². The highest BCUT2D eigenvalue weighted by Gasteiger charge is 2.20. The number of carbonyl (C=O) groups is 1. The number of benzene rings is 2. The first-order valence-corrected chi connectivity index (χ1v) is 11.2. The lowest BCUT2D eigenvalue weighted by molar-refractivity contribution is -0.385. The normalized spacial score (nSPS) is 14.3. The van der Waals surface area contributed by atoms with Gasteiger partial charge < -0.3 is 15.0 Å². The quantitative estimate of drug-likeness (QED) is 0.403. The smallest absolute Gasteiger partial charge is 0.273 e. The molecule has 4 rings (SSSR count). The molecule has 0 unspecified atom stereocenters. The van der Waals surface area contributed by atoms with Crippen LogP contribution in [0.2, 0.25) is 0 Å². The van der Waals surface area contributed by atoms with Crippen molar-refractivity contribution in [3.63, 3.8) is 0 Å². The third-order valence-electron chi connectivity index (χ3n) is 5.64. The number of nitrogens with one attached hydrogen (secondary N) is 1. The lowest BCUT2D eigenvalue weighted by atomic mass is 10.1. The first-order chi connectivity index (χ1) is 16.6. The van der Waals surface area contributed by atoms with Crippen LogP contribution in [-0.2, 0) is 11.3 Å². The fourth-order valence-electron chi connectivity index (χ4n) is 3.93. The summed E-state index contributed by atoms with van der Waals surface area (Å²) in [7, 11) is 0. The summed E-state index contributed by atoms with van der Waals surface area (Å²) in [6, 6.07) is 19.8. The van der Waals surface area contributed by atoms with Crippen molar-refractivity contribution in [1.29, 1.82) is 0 Å². The Morgan fingerprint density at radius 1 is 1.00 bits per heavy atom. The molecule has 0 bridgehead atoms. The van der Waals surface area contributed by atoms with Gasteiger partial charge in [-0.2, -0.15) is 0 Å². The Morgan fingerprint density at radius 2 is 1.79 bits per heavy atom. The molecule has 0 radical (unpaired) electrons. The molecule has 3 aromatic rings. The van der Waals surface area contributed by atoms with E-state index >= 15 is 0 Å². The molecule has 1 aromatic heterocycles. The van der Waals surface area contributed by atoms with E-state index in [4.69, 9.17) is 4.74 Å². The zero-order valence-electron chi connectivity index (χ0n) is 18.8. The van der Waals surface area contributed by atoms with Crippen LogP contribution < -0.4 is 15.0 Å². The third-order valence-corrected chi connectivity index (χ3v) is 5.64. The van der Waals surface area contributed by atoms with Crippen LogP contribution in [0.25, 0.3) is 0 Å². The van der Waals surface area contributed by atoms with Gasteiger partial charge in [-0.05, 0) is 30.7 Å². The van der Waals surface area contributed by atoms with Gasteiger partial charge in [0.1, 0.15) is 11.6 Å². The molecule has 34 heavy (non-hydrogen) atoms. The summed E-state index contributed by atoms with van der Waals surface area (Å²) in [5.74, 6) is 1.23. The van der Waals surface area contributed by atoms with Gasteiger partial charge >= 0.3 is 0 Å². The highest BCUT2D eigenvalue weighted by Crippen LogP contribution is 2.21. The van der Waals surface area contributed by atoms with E-state index in [0.717, 1.165) is 44.0 Å². The van der Waals surface area contributed by atoms with Gasteiger partial charge in [0, 0.05) is 44.4 Å². The number of carbonyl (C=O) groups excluding carboxylic acids is 1. The number of pyridine rings is 1. The van der Waals surface area contributed by atoms with E-state index in [1.165, 1.54) is 0 Å². The maximum absolute atomic E-state index is 12.1. The largest absolute Gasteiger partial charge is 0.484 e. The van der Waals surface area contributed by atoms with Gasteiger partial charge in [-0.1, -0.05) is 36.4 Å². The Morgan fingerprint density at radius 3 is 2.56 bits per heavy atom. The second kappa shape index (κ2) is 11.2. The number of para-hydroxylation sites is 2. The highest BCUT2D eigenvalue weighted by molar-refractivity contribution is 5.91. The van der Waals surface area contributed by atoms with E-state index in [1.807, 2.05) is 42.5 Å². The van der Waals surface area contributed by atoms with Crippen molar-refractivity contribution in [2.24, 2.45) is 0 Å². The predicted octanol–water partition coefficient (Wildman–Crippen LogP) is 3.72. The average Bonchev–Trinajstić information content (AvgIpc) is 3.10. The van der Waals surface area contributed by atoms with Crippen LogP contribution >= 0.6 is 0 Å². The number of rotatable bonds is 8. The van der Waals surface area contributed by atoms with E-state index in [0.29, 0.717) is 18.0 Å². The number of anilines is 2. The number of nitro groups is 1. The maximum Gasteiger partial charge on any atom is 0.273 e. The van der Waals surface area contributed by atoms with Crippen molar-refractivity contribution in [3.05, 3.63) is 88.6 Å². The molecule has 0 spiro atoms.